The number of aryl methyl sites for hydroxylation is 1. The standard InChI is InChI=1S/C21H27ClN4O2/c1-24-21(28)26(18-4-2-3-5-18)20(23-24)16-10-12-25(13-11-16)19(27)14-15-6-8-17(22)9-7-15/h6-9,16,18H,2-5,10-14H2,1H3. The molecule has 0 atom stereocenters. The fraction of sp³-hybridized carbons (Fsp3) is 0.571. The largest absolute Gasteiger partial charge is 0.345 e. The molecule has 4 rings (SSSR count). The third-order valence-corrected chi connectivity index (χ3v) is 6.41. The van der Waals surface area contributed by atoms with Crippen molar-refractivity contribution in [1.82, 2.24) is 19.2 Å². The lowest BCUT2D eigenvalue weighted by atomic mass is 9.95. The monoisotopic (exact) mass is 402 g/mol. The number of hydrogen-bond donors (Lipinski definition) is 0. The van der Waals surface area contributed by atoms with Gasteiger partial charge in [0.2, 0.25) is 5.91 Å². The van der Waals surface area contributed by atoms with Gasteiger partial charge in [0.15, 0.2) is 0 Å². The molecule has 2 heterocycles. The molecule has 0 spiro atoms. The van der Waals surface area contributed by atoms with Crippen LogP contribution in [0.5, 0.6) is 0 Å². The van der Waals surface area contributed by atoms with E-state index in [0.717, 1.165) is 37.1 Å². The van der Waals surface area contributed by atoms with E-state index < -0.39 is 0 Å². The first-order valence-electron chi connectivity index (χ1n) is 10.2. The number of amides is 1. The SMILES string of the molecule is Cn1nc(C2CCN(C(=O)Cc3ccc(Cl)cc3)CC2)n(C2CCCC2)c1=O. The molecule has 150 valence electrons. The van der Waals surface area contributed by atoms with Crippen LogP contribution in [0.15, 0.2) is 29.1 Å². The maximum absolute atomic E-state index is 12.6. The molecule has 1 aromatic carbocycles. The van der Waals surface area contributed by atoms with Gasteiger partial charge in [-0.05, 0) is 43.4 Å². The average Bonchev–Trinajstić information content (AvgIpc) is 3.32. The number of halogens is 1. The number of likely N-dealkylation sites (tertiary alicyclic amines) is 1. The Bertz CT molecular complexity index is 888. The number of carbonyl (C=O) groups excluding carboxylic acids is 1. The fourth-order valence-corrected chi connectivity index (χ4v) is 4.68. The van der Waals surface area contributed by atoms with Crippen LogP contribution in [0.1, 0.15) is 61.9 Å². The Morgan fingerprint density at radius 1 is 1.11 bits per heavy atom. The third kappa shape index (κ3) is 3.88. The van der Waals surface area contributed by atoms with Crippen LogP contribution in [0.3, 0.4) is 0 Å². The van der Waals surface area contributed by atoms with Gasteiger partial charge in [0.1, 0.15) is 5.82 Å². The maximum Gasteiger partial charge on any atom is 0.345 e. The van der Waals surface area contributed by atoms with Crippen molar-refractivity contribution in [2.24, 2.45) is 7.05 Å². The molecule has 1 amide bonds. The molecule has 1 aliphatic heterocycles. The molecule has 1 saturated heterocycles. The summed E-state index contributed by atoms with van der Waals surface area (Å²) in [6.07, 6.45) is 6.61. The van der Waals surface area contributed by atoms with Crippen LogP contribution in [-0.4, -0.2) is 38.2 Å². The lowest BCUT2D eigenvalue weighted by Gasteiger charge is -2.32. The zero-order valence-corrected chi connectivity index (χ0v) is 17.1. The summed E-state index contributed by atoms with van der Waals surface area (Å²) in [4.78, 5) is 27.2. The van der Waals surface area contributed by atoms with E-state index >= 15 is 0 Å². The molecule has 2 fully saturated rings. The minimum absolute atomic E-state index is 0.00291. The van der Waals surface area contributed by atoms with Crippen molar-refractivity contribution in [1.29, 1.82) is 0 Å². The number of benzene rings is 1. The first-order chi connectivity index (χ1) is 13.5. The highest BCUT2D eigenvalue weighted by atomic mass is 35.5. The Kier molecular flexibility index (Phi) is 5.58. The first-order valence-corrected chi connectivity index (χ1v) is 10.6. The average molecular weight is 403 g/mol. The zero-order chi connectivity index (χ0) is 19.7. The van der Waals surface area contributed by atoms with E-state index in [1.807, 2.05) is 33.7 Å². The van der Waals surface area contributed by atoms with Crippen molar-refractivity contribution in [3.63, 3.8) is 0 Å². The molecule has 0 bridgehead atoms. The number of nitrogens with zero attached hydrogens (tertiary/aromatic N) is 4. The van der Waals surface area contributed by atoms with Crippen molar-refractivity contribution in [3.05, 3.63) is 51.2 Å². The van der Waals surface area contributed by atoms with Gasteiger partial charge < -0.3 is 4.90 Å². The first kappa shape index (κ1) is 19.2. The summed E-state index contributed by atoms with van der Waals surface area (Å²) in [5.74, 6) is 1.31. The van der Waals surface area contributed by atoms with Gasteiger partial charge in [-0.25, -0.2) is 9.48 Å². The molecule has 0 unspecified atom stereocenters. The summed E-state index contributed by atoms with van der Waals surface area (Å²) < 4.78 is 3.43. The number of piperidine rings is 1. The van der Waals surface area contributed by atoms with Crippen molar-refractivity contribution < 1.29 is 4.79 Å². The lowest BCUT2D eigenvalue weighted by molar-refractivity contribution is -0.131. The molecular formula is C21H27ClN4O2. The Balaban J connectivity index is 1.41. The molecule has 1 aromatic heterocycles. The predicted molar refractivity (Wildman–Crippen MR) is 109 cm³/mol. The minimum atomic E-state index is 0.00291. The molecule has 2 aromatic rings. The quantitative estimate of drug-likeness (QED) is 0.788. The number of aromatic nitrogens is 3. The van der Waals surface area contributed by atoms with Crippen LogP contribution in [-0.2, 0) is 18.3 Å². The third-order valence-electron chi connectivity index (χ3n) is 6.15. The molecule has 1 saturated carbocycles. The van der Waals surface area contributed by atoms with Gasteiger partial charge in [0.05, 0.1) is 6.42 Å². The molecule has 0 radical (unpaired) electrons. The van der Waals surface area contributed by atoms with Gasteiger partial charge in [-0.1, -0.05) is 36.6 Å². The highest BCUT2D eigenvalue weighted by molar-refractivity contribution is 6.30. The van der Waals surface area contributed by atoms with Gasteiger partial charge in [-0.2, -0.15) is 5.10 Å². The fourth-order valence-electron chi connectivity index (χ4n) is 4.56. The van der Waals surface area contributed by atoms with Crippen LogP contribution in [0.4, 0.5) is 0 Å². The van der Waals surface area contributed by atoms with Crippen LogP contribution in [0.2, 0.25) is 5.02 Å². The van der Waals surface area contributed by atoms with Gasteiger partial charge in [-0.15, -0.1) is 0 Å². The van der Waals surface area contributed by atoms with E-state index in [9.17, 15) is 9.59 Å². The molecule has 0 N–H and O–H groups in total. The van der Waals surface area contributed by atoms with Crippen LogP contribution < -0.4 is 5.69 Å². The van der Waals surface area contributed by atoms with E-state index in [2.05, 4.69) is 5.10 Å². The molecule has 2 aliphatic rings. The van der Waals surface area contributed by atoms with E-state index in [1.165, 1.54) is 17.5 Å². The Hall–Kier alpha value is -2.08. The Morgan fingerprint density at radius 3 is 2.39 bits per heavy atom. The van der Waals surface area contributed by atoms with Gasteiger partial charge in [0, 0.05) is 37.1 Å². The van der Waals surface area contributed by atoms with E-state index in [4.69, 9.17) is 11.6 Å². The topological polar surface area (TPSA) is 60.1 Å². The highest BCUT2D eigenvalue weighted by Crippen LogP contribution is 2.33. The van der Waals surface area contributed by atoms with Gasteiger partial charge in [0.25, 0.3) is 0 Å². The van der Waals surface area contributed by atoms with Crippen molar-refractivity contribution in [2.75, 3.05) is 13.1 Å². The summed E-state index contributed by atoms with van der Waals surface area (Å²) in [6, 6.07) is 7.74. The Morgan fingerprint density at radius 2 is 1.75 bits per heavy atom. The Labute approximate surface area is 170 Å². The van der Waals surface area contributed by atoms with Crippen LogP contribution in [0, 0.1) is 0 Å². The van der Waals surface area contributed by atoms with Crippen LogP contribution in [0.25, 0.3) is 0 Å². The van der Waals surface area contributed by atoms with Crippen molar-refractivity contribution in [3.8, 4) is 0 Å². The van der Waals surface area contributed by atoms with E-state index in [0.29, 0.717) is 30.6 Å². The van der Waals surface area contributed by atoms with Gasteiger partial charge >= 0.3 is 5.69 Å². The normalized spacial score (nSPS) is 18.7. The van der Waals surface area contributed by atoms with Gasteiger partial charge in [-0.3, -0.25) is 9.36 Å². The zero-order valence-electron chi connectivity index (χ0n) is 16.3. The lowest BCUT2D eigenvalue weighted by Crippen LogP contribution is -2.39. The summed E-state index contributed by atoms with van der Waals surface area (Å²) >= 11 is 5.92. The highest BCUT2D eigenvalue weighted by Gasteiger charge is 2.31. The molecule has 28 heavy (non-hydrogen) atoms. The summed E-state index contributed by atoms with van der Waals surface area (Å²) in [5, 5.41) is 5.26. The second-order valence-corrected chi connectivity index (χ2v) is 8.47. The summed E-state index contributed by atoms with van der Waals surface area (Å²) in [7, 11) is 1.74. The van der Waals surface area contributed by atoms with Crippen molar-refractivity contribution >= 4 is 17.5 Å². The number of hydrogen-bond acceptors (Lipinski definition) is 3. The number of rotatable bonds is 4. The van der Waals surface area contributed by atoms with Crippen molar-refractivity contribution in [2.45, 2.75) is 56.9 Å². The summed E-state index contributed by atoms with van der Waals surface area (Å²) in [5.41, 5.74) is 0.986. The van der Waals surface area contributed by atoms with Crippen LogP contribution >= 0.6 is 11.6 Å². The van der Waals surface area contributed by atoms with E-state index in [-0.39, 0.29) is 17.5 Å². The molecule has 7 heteroatoms. The second-order valence-electron chi connectivity index (χ2n) is 8.03. The minimum Gasteiger partial charge on any atom is -0.342 e. The predicted octanol–water partition coefficient (Wildman–Crippen LogP) is 3.30. The molecule has 1 aliphatic carbocycles. The molecule has 6 nitrogen and oxygen atoms in total. The number of carbonyl (C=O) groups is 1. The maximum atomic E-state index is 12.6. The second kappa shape index (κ2) is 8.11. The summed E-state index contributed by atoms with van der Waals surface area (Å²) in [6.45, 7) is 1.43. The smallest absolute Gasteiger partial charge is 0.342 e. The molecular weight excluding hydrogens is 376 g/mol. The van der Waals surface area contributed by atoms with E-state index in [1.54, 1.807) is 7.05 Å².